The van der Waals surface area contributed by atoms with E-state index in [0.29, 0.717) is 11.5 Å². The summed E-state index contributed by atoms with van der Waals surface area (Å²) < 4.78 is 0. The number of hydrogen-bond acceptors (Lipinski definition) is 1. The van der Waals surface area contributed by atoms with E-state index in [9.17, 15) is 0 Å². The van der Waals surface area contributed by atoms with Crippen molar-refractivity contribution in [1.29, 1.82) is 0 Å². The van der Waals surface area contributed by atoms with E-state index in [1.807, 2.05) is 0 Å². The number of hydrogen-bond donors (Lipinski definition) is 0. The molecule has 0 spiro atoms. The number of rotatable bonds is 0. The zero-order chi connectivity index (χ0) is 11.2. The van der Waals surface area contributed by atoms with Crippen molar-refractivity contribution >= 4 is 0 Å². The van der Waals surface area contributed by atoms with Crippen LogP contribution in [0.2, 0.25) is 0 Å². The Labute approximate surface area is 98.5 Å². The number of fused-ring (bicyclic) bond motifs is 3. The van der Waals surface area contributed by atoms with Gasteiger partial charge < -0.3 is 0 Å². The summed E-state index contributed by atoms with van der Waals surface area (Å²) >= 11 is 0. The van der Waals surface area contributed by atoms with Gasteiger partial charge in [0.1, 0.15) is 0 Å². The van der Waals surface area contributed by atoms with Crippen LogP contribution in [0.25, 0.3) is 0 Å². The fourth-order valence-corrected chi connectivity index (χ4v) is 3.85. The maximum absolute atomic E-state index is 2.57. The van der Waals surface area contributed by atoms with Gasteiger partial charge in [-0.15, -0.1) is 0 Å². The van der Waals surface area contributed by atoms with Gasteiger partial charge in [0.25, 0.3) is 0 Å². The third kappa shape index (κ3) is 1.41. The largest absolute Gasteiger partial charge is 0.299 e. The van der Waals surface area contributed by atoms with Gasteiger partial charge in [-0.25, -0.2) is 0 Å². The standard InChI is InChI=1S/C15H21N/c1-15-9-5-11-16(2)14(15)13-7-4-3-6-12(13)8-10-15/h3-4,6-7,14H,5,8-11H2,1-2H3/t14-,15+/m0/s1. The summed E-state index contributed by atoms with van der Waals surface area (Å²) in [5.74, 6) is 0. The molecule has 1 aromatic rings. The van der Waals surface area contributed by atoms with E-state index in [4.69, 9.17) is 0 Å². The number of nitrogens with zero attached hydrogens (tertiary/aromatic N) is 1. The van der Waals surface area contributed by atoms with Crippen molar-refractivity contribution in [3.05, 3.63) is 35.4 Å². The molecule has 2 atom stereocenters. The summed E-state index contributed by atoms with van der Waals surface area (Å²) in [4.78, 5) is 2.57. The molecular weight excluding hydrogens is 194 g/mol. The van der Waals surface area contributed by atoms with E-state index in [1.54, 1.807) is 11.1 Å². The van der Waals surface area contributed by atoms with Crippen molar-refractivity contribution in [2.24, 2.45) is 5.41 Å². The Morgan fingerprint density at radius 3 is 2.94 bits per heavy atom. The van der Waals surface area contributed by atoms with Gasteiger partial charge in [0.05, 0.1) is 0 Å². The van der Waals surface area contributed by atoms with E-state index in [2.05, 4.69) is 43.1 Å². The third-order valence-corrected chi connectivity index (χ3v) is 4.67. The molecule has 1 nitrogen and oxygen atoms in total. The monoisotopic (exact) mass is 215 g/mol. The van der Waals surface area contributed by atoms with Gasteiger partial charge in [-0.05, 0) is 55.8 Å². The summed E-state index contributed by atoms with van der Waals surface area (Å²) in [6.07, 6.45) is 5.40. The summed E-state index contributed by atoms with van der Waals surface area (Å²) in [7, 11) is 2.30. The van der Waals surface area contributed by atoms with Crippen molar-refractivity contribution in [3.63, 3.8) is 0 Å². The first-order valence-corrected chi connectivity index (χ1v) is 6.49. The Morgan fingerprint density at radius 2 is 2.06 bits per heavy atom. The zero-order valence-corrected chi connectivity index (χ0v) is 10.4. The van der Waals surface area contributed by atoms with Crippen LogP contribution in [0.5, 0.6) is 0 Å². The van der Waals surface area contributed by atoms with Gasteiger partial charge in [-0.1, -0.05) is 31.2 Å². The second kappa shape index (κ2) is 3.59. The molecule has 0 amide bonds. The minimum atomic E-state index is 0.515. The Kier molecular flexibility index (Phi) is 2.32. The highest BCUT2D eigenvalue weighted by Crippen LogP contribution is 2.51. The van der Waals surface area contributed by atoms with Gasteiger partial charge in [-0.3, -0.25) is 4.90 Å². The molecule has 3 rings (SSSR count). The molecule has 1 saturated heterocycles. The number of aryl methyl sites for hydroxylation is 1. The van der Waals surface area contributed by atoms with Crippen molar-refractivity contribution < 1.29 is 0 Å². The van der Waals surface area contributed by atoms with Crippen LogP contribution in [0.15, 0.2) is 24.3 Å². The Balaban J connectivity index is 2.08. The van der Waals surface area contributed by atoms with Crippen LogP contribution in [0.1, 0.15) is 43.4 Å². The summed E-state index contributed by atoms with van der Waals surface area (Å²) in [5, 5.41) is 0. The SMILES string of the molecule is CN1CCC[C@]2(C)CCc3ccccc3[C@H]12. The molecule has 2 aliphatic rings. The van der Waals surface area contributed by atoms with Gasteiger partial charge in [0, 0.05) is 6.04 Å². The molecule has 1 heterocycles. The average Bonchev–Trinajstić information content (AvgIpc) is 2.28. The van der Waals surface area contributed by atoms with E-state index >= 15 is 0 Å². The van der Waals surface area contributed by atoms with Crippen LogP contribution in [0.4, 0.5) is 0 Å². The highest BCUT2D eigenvalue weighted by molar-refractivity contribution is 5.34. The maximum atomic E-state index is 2.57. The fourth-order valence-electron chi connectivity index (χ4n) is 3.85. The quantitative estimate of drug-likeness (QED) is 0.641. The lowest BCUT2D eigenvalue weighted by Crippen LogP contribution is -2.45. The van der Waals surface area contributed by atoms with Crippen LogP contribution in [-0.4, -0.2) is 18.5 Å². The zero-order valence-electron chi connectivity index (χ0n) is 10.4. The topological polar surface area (TPSA) is 3.24 Å². The molecule has 1 aliphatic heterocycles. The van der Waals surface area contributed by atoms with Crippen LogP contribution in [0, 0.1) is 5.41 Å². The lowest BCUT2D eigenvalue weighted by atomic mass is 9.64. The molecule has 86 valence electrons. The molecule has 1 aliphatic carbocycles. The molecular formula is C15H21N. The van der Waals surface area contributed by atoms with E-state index in [1.165, 1.54) is 32.2 Å². The molecule has 1 fully saturated rings. The highest BCUT2D eigenvalue weighted by Gasteiger charge is 2.43. The molecule has 1 heteroatoms. The van der Waals surface area contributed by atoms with Crippen LogP contribution in [-0.2, 0) is 6.42 Å². The van der Waals surface area contributed by atoms with Crippen molar-refractivity contribution in [2.45, 2.75) is 38.6 Å². The van der Waals surface area contributed by atoms with E-state index < -0.39 is 0 Å². The third-order valence-electron chi connectivity index (χ3n) is 4.67. The first-order chi connectivity index (χ1) is 7.71. The molecule has 0 unspecified atom stereocenters. The van der Waals surface area contributed by atoms with Gasteiger partial charge in [-0.2, -0.15) is 0 Å². The first kappa shape index (κ1) is 10.3. The minimum Gasteiger partial charge on any atom is -0.299 e. The predicted octanol–water partition coefficient (Wildman–Crippen LogP) is 3.41. The van der Waals surface area contributed by atoms with Crippen LogP contribution >= 0.6 is 0 Å². The minimum absolute atomic E-state index is 0.515. The van der Waals surface area contributed by atoms with E-state index in [0.717, 1.165) is 0 Å². The van der Waals surface area contributed by atoms with Crippen LogP contribution in [0.3, 0.4) is 0 Å². The number of benzene rings is 1. The Bertz CT molecular complexity index is 398. The number of piperidine rings is 1. The smallest absolute Gasteiger partial charge is 0.0401 e. The van der Waals surface area contributed by atoms with Gasteiger partial charge in [0.15, 0.2) is 0 Å². The summed E-state index contributed by atoms with van der Waals surface area (Å²) in [6.45, 7) is 3.75. The first-order valence-electron chi connectivity index (χ1n) is 6.49. The molecule has 16 heavy (non-hydrogen) atoms. The van der Waals surface area contributed by atoms with Gasteiger partial charge >= 0.3 is 0 Å². The van der Waals surface area contributed by atoms with Crippen molar-refractivity contribution in [2.75, 3.05) is 13.6 Å². The fraction of sp³-hybridized carbons (Fsp3) is 0.600. The molecule has 0 radical (unpaired) electrons. The van der Waals surface area contributed by atoms with Gasteiger partial charge in [0.2, 0.25) is 0 Å². The van der Waals surface area contributed by atoms with Crippen LogP contribution < -0.4 is 0 Å². The molecule has 0 aromatic heterocycles. The average molecular weight is 215 g/mol. The second-order valence-electron chi connectivity index (χ2n) is 5.84. The normalized spacial score (nSPS) is 34.2. The second-order valence-corrected chi connectivity index (χ2v) is 5.84. The molecule has 0 N–H and O–H groups in total. The lowest BCUT2D eigenvalue weighted by molar-refractivity contribution is 0.0278. The molecule has 0 bridgehead atoms. The lowest BCUT2D eigenvalue weighted by Gasteiger charge is -2.50. The van der Waals surface area contributed by atoms with Crippen molar-refractivity contribution in [1.82, 2.24) is 4.90 Å². The Morgan fingerprint density at radius 1 is 1.25 bits per heavy atom. The molecule has 0 saturated carbocycles. The predicted molar refractivity (Wildman–Crippen MR) is 67.5 cm³/mol. The Hall–Kier alpha value is -0.820. The van der Waals surface area contributed by atoms with Crippen molar-refractivity contribution in [3.8, 4) is 0 Å². The van der Waals surface area contributed by atoms with E-state index in [-0.39, 0.29) is 0 Å². The number of likely N-dealkylation sites (tertiary alicyclic amines) is 1. The molecule has 1 aromatic carbocycles. The summed E-state index contributed by atoms with van der Waals surface area (Å²) in [6, 6.07) is 9.71. The highest BCUT2D eigenvalue weighted by atomic mass is 15.1. The summed E-state index contributed by atoms with van der Waals surface area (Å²) in [5.41, 5.74) is 3.69. The maximum Gasteiger partial charge on any atom is 0.0401 e.